The molecule has 25 heavy (non-hydrogen) atoms. The van der Waals surface area contributed by atoms with Crippen molar-refractivity contribution in [2.75, 3.05) is 0 Å². The summed E-state index contributed by atoms with van der Waals surface area (Å²) in [5.74, 6) is 1.03. The average molecular weight is 356 g/mol. The standard InChI is InChI=1S/C18H18ClN5O/c19-15-16(10-5-6-10)22-18(25-12-7-11(20)8-12)23-17(15)24-9-21-13-3-1-2-4-14(13)24/h1-4,9-12H,5-8,20H2. The molecule has 0 spiro atoms. The van der Waals surface area contributed by atoms with E-state index in [1.807, 2.05) is 28.8 Å². The maximum Gasteiger partial charge on any atom is 0.319 e. The summed E-state index contributed by atoms with van der Waals surface area (Å²) < 4.78 is 7.86. The molecule has 2 saturated carbocycles. The molecule has 1 aromatic carbocycles. The number of rotatable bonds is 4. The first-order valence-corrected chi connectivity index (χ1v) is 8.99. The van der Waals surface area contributed by atoms with Crippen molar-refractivity contribution in [3.63, 3.8) is 0 Å². The molecule has 5 rings (SSSR count). The minimum Gasteiger partial charge on any atom is -0.460 e. The molecule has 7 heteroatoms. The van der Waals surface area contributed by atoms with Crippen LogP contribution in [0.25, 0.3) is 16.9 Å². The average Bonchev–Trinajstić information content (AvgIpc) is 3.34. The van der Waals surface area contributed by atoms with Gasteiger partial charge in [-0.1, -0.05) is 23.7 Å². The third kappa shape index (κ3) is 2.65. The fourth-order valence-electron chi connectivity index (χ4n) is 3.25. The van der Waals surface area contributed by atoms with Gasteiger partial charge in [0.05, 0.1) is 16.7 Å². The van der Waals surface area contributed by atoms with Crippen LogP contribution in [-0.2, 0) is 0 Å². The number of ether oxygens (including phenoxy) is 1. The number of halogens is 1. The lowest BCUT2D eigenvalue weighted by atomic mass is 9.90. The molecule has 0 saturated heterocycles. The van der Waals surface area contributed by atoms with Gasteiger partial charge in [0.2, 0.25) is 0 Å². The lowest BCUT2D eigenvalue weighted by molar-refractivity contribution is 0.0901. The largest absolute Gasteiger partial charge is 0.460 e. The van der Waals surface area contributed by atoms with Crippen LogP contribution in [0.3, 0.4) is 0 Å². The summed E-state index contributed by atoms with van der Waals surface area (Å²) in [6.07, 6.45) is 5.74. The molecule has 6 nitrogen and oxygen atoms in total. The topological polar surface area (TPSA) is 78.9 Å². The van der Waals surface area contributed by atoms with E-state index in [-0.39, 0.29) is 12.1 Å². The number of hydrogen-bond donors (Lipinski definition) is 1. The Balaban J connectivity index is 1.61. The molecule has 128 valence electrons. The van der Waals surface area contributed by atoms with E-state index in [1.54, 1.807) is 6.33 Å². The van der Waals surface area contributed by atoms with E-state index < -0.39 is 0 Å². The molecule has 2 N–H and O–H groups in total. The molecule has 0 radical (unpaired) electrons. The van der Waals surface area contributed by atoms with Crippen LogP contribution in [0.1, 0.15) is 37.3 Å². The third-order valence-electron chi connectivity index (χ3n) is 4.89. The molecule has 2 aliphatic carbocycles. The zero-order chi connectivity index (χ0) is 17.0. The maximum atomic E-state index is 6.67. The van der Waals surface area contributed by atoms with E-state index in [2.05, 4.69) is 15.0 Å². The smallest absolute Gasteiger partial charge is 0.319 e. The van der Waals surface area contributed by atoms with E-state index in [4.69, 9.17) is 22.1 Å². The molecule has 0 aliphatic heterocycles. The molecule has 0 atom stereocenters. The highest BCUT2D eigenvalue weighted by molar-refractivity contribution is 6.33. The van der Waals surface area contributed by atoms with E-state index in [9.17, 15) is 0 Å². The number of imidazole rings is 1. The van der Waals surface area contributed by atoms with Gasteiger partial charge in [-0.05, 0) is 37.8 Å². The molecule has 3 aromatic rings. The second-order valence-electron chi connectivity index (χ2n) is 6.88. The van der Waals surface area contributed by atoms with Gasteiger partial charge in [0.15, 0.2) is 5.82 Å². The fraction of sp³-hybridized carbons (Fsp3) is 0.389. The minimum atomic E-state index is 0.0932. The van der Waals surface area contributed by atoms with Crippen molar-refractivity contribution < 1.29 is 4.74 Å². The van der Waals surface area contributed by atoms with Gasteiger partial charge in [-0.15, -0.1) is 0 Å². The molecule has 2 heterocycles. The Morgan fingerprint density at radius 1 is 1.16 bits per heavy atom. The van der Waals surface area contributed by atoms with Gasteiger partial charge in [-0.2, -0.15) is 9.97 Å². The maximum absolute atomic E-state index is 6.67. The first kappa shape index (κ1) is 15.1. The summed E-state index contributed by atoms with van der Waals surface area (Å²) >= 11 is 6.67. The Morgan fingerprint density at radius 3 is 2.72 bits per heavy atom. The number of nitrogens with zero attached hydrogens (tertiary/aromatic N) is 4. The Labute approximate surface area is 150 Å². The quantitative estimate of drug-likeness (QED) is 0.777. The Morgan fingerprint density at radius 2 is 1.96 bits per heavy atom. The number of fused-ring (bicyclic) bond motifs is 1. The van der Waals surface area contributed by atoms with E-state index in [0.29, 0.717) is 22.8 Å². The molecular weight excluding hydrogens is 338 g/mol. The number of aromatic nitrogens is 4. The van der Waals surface area contributed by atoms with Crippen molar-refractivity contribution in [3.8, 4) is 11.8 Å². The van der Waals surface area contributed by atoms with Crippen molar-refractivity contribution >= 4 is 22.6 Å². The summed E-state index contributed by atoms with van der Waals surface area (Å²) in [7, 11) is 0. The lowest BCUT2D eigenvalue weighted by Crippen LogP contribution is -2.43. The second kappa shape index (κ2) is 5.68. The summed E-state index contributed by atoms with van der Waals surface area (Å²) in [6, 6.07) is 8.52. The SMILES string of the molecule is NC1CC(Oc2nc(C3CC3)c(Cl)c(-n3cnc4ccccc43)n2)C1. The second-order valence-corrected chi connectivity index (χ2v) is 7.26. The van der Waals surface area contributed by atoms with Crippen LogP contribution in [0, 0.1) is 0 Å². The summed E-state index contributed by atoms with van der Waals surface area (Å²) in [5.41, 5.74) is 8.59. The lowest BCUT2D eigenvalue weighted by Gasteiger charge is -2.31. The van der Waals surface area contributed by atoms with Gasteiger partial charge in [0.25, 0.3) is 0 Å². The van der Waals surface area contributed by atoms with Gasteiger partial charge < -0.3 is 10.5 Å². The zero-order valence-electron chi connectivity index (χ0n) is 13.6. The molecule has 0 amide bonds. The summed E-state index contributed by atoms with van der Waals surface area (Å²) in [4.78, 5) is 13.6. The predicted octanol–water partition coefficient (Wildman–Crippen LogP) is 3.21. The highest BCUT2D eigenvalue weighted by Crippen LogP contribution is 2.44. The fourth-order valence-corrected chi connectivity index (χ4v) is 3.58. The number of benzene rings is 1. The van der Waals surface area contributed by atoms with Gasteiger partial charge in [0, 0.05) is 12.0 Å². The number of hydrogen-bond acceptors (Lipinski definition) is 5. The zero-order valence-corrected chi connectivity index (χ0v) is 14.4. The van der Waals surface area contributed by atoms with Crippen LogP contribution in [-0.4, -0.2) is 31.7 Å². The minimum absolute atomic E-state index is 0.0932. The van der Waals surface area contributed by atoms with Crippen LogP contribution in [0.2, 0.25) is 5.02 Å². The van der Waals surface area contributed by atoms with Crippen LogP contribution in [0.5, 0.6) is 6.01 Å². The first-order valence-electron chi connectivity index (χ1n) is 8.61. The third-order valence-corrected chi connectivity index (χ3v) is 5.25. The molecule has 2 fully saturated rings. The van der Waals surface area contributed by atoms with Crippen molar-refractivity contribution in [2.24, 2.45) is 5.73 Å². The van der Waals surface area contributed by atoms with Crippen LogP contribution >= 0.6 is 11.6 Å². The molecule has 0 unspecified atom stereocenters. The molecule has 2 aliphatic rings. The van der Waals surface area contributed by atoms with Crippen molar-refractivity contribution in [1.82, 2.24) is 19.5 Å². The van der Waals surface area contributed by atoms with Crippen LogP contribution in [0.15, 0.2) is 30.6 Å². The van der Waals surface area contributed by atoms with Crippen molar-refractivity contribution in [1.29, 1.82) is 0 Å². The Kier molecular flexibility index (Phi) is 3.43. The predicted molar refractivity (Wildman–Crippen MR) is 95.3 cm³/mol. The highest BCUT2D eigenvalue weighted by atomic mass is 35.5. The number of para-hydroxylation sites is 2. The van der Waals surface area contributed by atoms with Gasteiger partial charge in [-0.25, -0.2) is 4.98 Å². The first-order chi connectivity index (χ1) is 12.2. The molecule has 0 bridgehead atoms. The monoisotopic (exact) mass is 355 g/mol. The van der Waals surface area contributed by atoms with Crippen molar-refractivity contribution in [3.05, 3.63) is 41.3 Å². The summed E-state index contributed by atoms with van der Waals surface area (Å²) in [6.45, 7) is 0. The summed E-state index contributed by atoms with van der Waals surface area (Å²) in [5, 5.41) is 0.586. The molecule has 2 aromatic heterocycles. The Bertz CT molecular complexity index is 946. The van der Waals surface area contributed by atoms with E-state index >= 15 is 0 Å². The molecular formula is C18H18ClN5O. The van der Waals surface area contributed by atoms with Gasteiger partial charge in [-0.3, -0.25) is 4.57 Å². The van der Waals surface area contributed by atoms with E-state index in [0.717, 1.165) is 42.4 Å². The normalized spacial score (nSPS) is 22.8. The van der Waals surface area contributed by atoms with E-state index in [1.165, 1.54) is 0 Å². The van der Waals surface area contributed by atoms with Crippen molar-refractivity contribution in [2.45, 2.75) is 43.7 Å². The Hall–Kier alpha value is -2.18. The highest BCUT2D eigenvalue weighted by Gasteiger charge is 2.33. The van der Waals surface area contributed by atoms with Gasteiger partial charge >= 0.3 is 6.01 Å². The van der Waals surface area contributed by atoms with Crippen LogP contribution < -0.4 is 10.5 Å². The number of nitrogens with two attached hydrogens (primary N) is 1. The van der Waals surface area contributed by atoms with Crippen LogP contribution in [0.4, 0.5) is 0 Å². The van der Waals surface area contributed by atoms with Gasteiger partial charge in [0.1, 0.15) is 17.5 Å².